The first-order valence-corrected chi connectivity index (χ1v) is 6.89. The largest absolute Gasteiger partial charge is 0.373 e. The van der Waals surface area contributed by atoms with Gasteiger partial charge in [0.1, 0.15) is 6.34 Å². The Morgan fingerprint density at radius 2 is 2.00 bits per heavy atom. The summed E-state index contributed by atoms with van der Waals surface area (Å²) >= 11 is 3.22. The molecule has 0 saturated carbocycles. The quantitative estimate of drug-likeness (QED) is 0.685. The normalized spacial score (nSPS) is 13.1. The smallest absolute Gasteiger partial charge is 0.283 e. The summed E-state index contributed by atoms with van der Waals surface area (Å²) in [4.78, 5) is 0.106. The summed E-state index contributed by atoms with van der Waals surface area (Å²) in [6.07, 6.45) is 1.00. The Kier molecular flexibility index (Phi) is 3.95. The van der Waals surface area contributed by atoms with Crippen molar-refractivity contribution in [2.45, 2.75) is 24.8 Å². The van der Waals surface area contributed by atoms with Crippen molar-refractivity contribution in [1.82, 2.24) is 5.31 Å². The van der Waals surface area contributed by atoms with E-state index in [2.05, 4.69) is 20.3 Å². The molecule has 4 nitrogen and oxygen atoms in total. The average Bonchev–Trinajstić information content (AvgIpc) is 2.26. The van der Waals surface area contributed by atoms with Crippen LogP contribution in [0.2, 0.25) is 1.41 Å². The summed E-state index contributed by atoms with van der Waals surface area (Å²) in [6, 6.07) is 6.05. The van der Waals surface area contributed by atoms with Crippen molar-refractivity contribution in [3.05, 3.63) is 28.7 Å². The molecular formula is C10H13BrN2O2S. The minimum atomic E-state index is -3.72. The molecule has 0 aromatic heterocycles. The fraction of sp³-hybridized carbons (Fsp3) is 0.300. The molecule has 0 atom stereocenters. The van der Waals surface area contributed by atoms with Crippen LogP contribution < -0.4 is 5.31 Å². The molecule has 0 bridgehead atoms. The van der Waals surface area contributed by atoms with E-state index in [4.69, 9.17) is 1.41 Å². The van der Waals surface area contributed by atoms with Crippen molar-refractivity contribution in [1.29, 1.82) is 0 Å². The first-order valence-electron chi connectivity index (χ1n) is 5.11. The number of sulfonamides is 1. The lowest BCUT2D eigenvalue weighted by Gasteiger charge is -2.02. The van der Waals surface area contributed by atoms with Gasteiger partial charge in [0.25, 0.3) is 10.0 Å². The lowest BCUT2D eigenvalue weighted by Crippen LogP contribution is -2.21. The number of nitrogens with one attached hydrogen (secondary N) is 1. The molecule has 1 aromatic rings. The highest BCUT2D eigenvalue weighted by Crippen LogP contribution is 2.16. The molecule has 0 heterocycles. The maximum Gasteiger partial charge on any atom is 0.283 e. The Labute approximate surface area is 105 Å². The Hall–Kier alpha value is -0.880. The zero-order valence-electron chi connectivity index (χ0n) is 9.96. The minimum absolute atomic E-state index is 0.106. The predicted molar refractivity (Wildman–Crippen MR) is 68.1 cm³/mol. The van der Waals surface area contributed by atoms with Crippen molar-refractivity contribution >= 4 is 32.3 Å². The second-order valence-electron chi connectivity index (χ2n) is 3.39. The number of nitrogens with zero attached hydrogens (tertiary/aromatic N) is 1. The second-order valence-corrected chi connectivity index (χ2v) is 5.94. The number of rotatable bonds is 4. The van der Waals surface area contributed by atoms with E-state index in [1.165, 1.54) is 12.1 Å². The molecule has 16 heavy (non-hydrogen) atoms. The Bertz CT molecular complexity index is 500. The lowest BCUT2D eigenvalue weighted by molar-refractivity contribution is 0.598. The van der Waals surface area contributed by atoms with Crippen molar-refractivity contribution in [3.63, 3.8) is 0 Å². The summed E-state index contributed by atoms with van der Waals surface area (Å²) in [7, 11) is -3.72. The van der Waals surface area contributed by atoms with E-state index < -0.39 is 10.0 Å². The van der Waals surface area contributed by atoms with Gasteiger partial charge in [-0.1, -0.05) is 15.9 Å². The molecule has 1 rings (SSSR count). The van der Waals surface area contributed by atoms with Crippen molar-refractivity contribution in [2.24, 2.45) is 4.40 Å². The fourth-order valence-electron chi connectivity index (χ4n) is 0.890. The number of benzene rings is 1. The van der Waals surface area contributed by atoms with Crippen LogP contribution in [0.1, 0.15) is 13.8 Å². The number of halogens is 1. The van der Waals surface area contributed by atoms with Crippen molar-refractivity contribution < 1.29 is 9.83 Å². The van der Waals surface area contributed by atoms with Gasteiger partial charge >= 0.3 is 0 Å². The van der Waals surface area contributed by atoms with Gasteiger partial charge in [-0.3, -0.25) is 0 Å². The summed E-state index contributed by atoms with van der Waals surface area (Å²) < 4.78 is 35.2. The van der Waals surface area contributed by atoms with Gasteiger partial charge in [-0.25, -0.2) is 0 Å². The van der Waals surface area contributed by atoms with Crippen molar-refractivity contribution in [2.75, 3.05) is 0 Å². The highest BCUT2D eigenvalue weighted by molar-refractivity contribution is 9.10. The second kappa shape index (κ2) is 5.45. The van der Waals surface area contributed by atoms with Crippen LogP contribution in [-0.2, 0) is 10.0 Å². The van der Waals surface area contributed by atoms with E-state index in [-0.39, 0.29) is 10.9 Å². The van der Waals surface area contributed by atoms with Crippen molar-refractivity contribution in [3.8, 4) is 0 Å². The number of hydrogen-bond donors (Lipinski definition) is 1. The molecule has 0 amide bonds. The number of hydrogen-bond acceptors (Lipinski definition) is 2. The van der Waals surface area contributed by atoms with Gasteiger partial charge in [-0.2, -0.15) is 8.42 Å². The third-order valence-corrected chi connectivity index (χ3v) is 3.43. The maximum atomic E-state index is 11.7. The van der Waals surface area contributed by atoms with Gasteiger partial charge in [0.2, 0.25) is 0 Å². The maximum absolute atomic E-state index is 11.7. The van der Waals surface area contributed by atoms with Gasteiger partial charge < -0.3 is 5.31 Å². The molecule has 0 spiro atoms. The monoisotopic (exact) mass is 305 g/mol. The van der Waals surface area contributed by atoms with E-state index in [0.717, 1.165) is 16.1 Å². The molecule has 88 valence electrons. The van der Waals surface area contributed by atoms with E-state index in [9.17, 15) is 8.42 Å². The van der Waals surface area contributed by atoms with Crippen LogP contribution in [0.3, 0.4) is 0 Å². The molecule has 0 unspecified atom stereocenters. The standard InChI is InChI=1S/C10H13BrN2O2S/c1-8(2)12-7-13-16(14,15)10-5-3-9(11)4-6-10/h3-8H,1-2H3,(H,12,13)/i/hD. The van der Waals surface area contributed by atoms with E-state index in [1.807, 2.05) is 0 Å². The lowest BCUT2D eigenvalue weighted by atomic mass is 10.4. The third kappa shape index (κ3) is 3.94. The average molecular weight is 306 g/mol. The fourth-order valence-corrected chi connectivity index (χ4v) is 1.93. The van der Waals surface area contributed by atoms with Crippen LogP contribution in [0.25, 0.3) is 0 Å². The van der Waals surface area contributed by atoms with Crippen LogP contribution >= 0.6 is 15.9 Å². The molecular weight excluding hydrogens is 292 g/mol. The van der Waals surface area contributed by atoms with E-state index in [0.29, 0.717) is 0 Å². The summed E-state index contributed by atoms with van der Waals surface area (Å²) in [5, 5.41) is 0.983. The van der Waals surface area contributed by atoms with Gasteiger partial charge in [0, 0.05) is 10.5 Å². The van der Waals surface area contributed by atoms with Gasteiger partial charge in [-0.05, 0) is 38.1 Å². The summed E-state index contributed by atoms with van der Waals surface area (Å²) in [6.45, 7) is 3.54. The molecule has 0 fully saturated rings. The summed E-state index contributed by atoms with van der Waals surface area (Å²) in [5.74, 6) is 0. The zero-order chi connectivity index (χ0) is 13.1. The SMILES string of the molecule is [2H]N(C=NS(=O)(=O)c1ccc(Br)cc1)C(C)C. The van der Waals surface area contributed by atoms with E-state index >= 15 is 0 Å². The molecule has 1 aromatic carbocycles. The first-order chi connectivity index (χ1) is 7.83. The predicted octanol–water partition coefficient (Wildman–Crippen LogP) is 2.16. The highest BCUT2D eigenvalue weighted by atomic mass is 79.9. The van der Waals surface area contributed by atoms with Crippen LogP contribution in [0, 0.1) is 0 Å². The molecule has 0 saturated heterocycles. The van der Waals surface area contributed by atoms with Gasteiger partial charge in [0.05, 0.1) is 4.90 Å². The van der Waals surface area contributed by atoms with E-state index in [1.54, 1.807) is 26.0 Å². The highest BCUT2D eigenvalue weighted by Gasteiger charge is 2.10. The third-order valence-electron chi connectivity index (χ3n) is 1.66. The summed E-state index contributed by atoms with van der Waals surface area (Å²) in [5.41, 5.74) is 0. The van der Waals surface area contributed by atoms with Gasteiger partial charge in [-0.15, -0.1) is 4.40 Å². The van der Waals surface area contributed by atoms with Crippen LogP contribution in [-0.4, -0.2) is 20.8 Å². The first kappa shape index (κ1) is 11.6. The van der Waals surface area contributed by atoms with Crippen LogP contribution in [0.4, 0.5) is 0 Å². The minimum Gasteiger partial charge on any atom is -0.373 e. The molecule has 0 aliphatic rings. The molecule has 0 aliphatic carbocycles. The molecule has 0 aliphatic heterocycles. The Morgan fingerprint density at radius 1 is 1.44 bits per heavy atom. The Balaban J connectivity index is 2.93. The molecule has 1 N–H and O–H groups in total. The molecule has 6 heteroatoms. The Morgan fingerprint density at radius 3 is 2.50 bits per heavy atom. The van der Waals surface area contributed by atoms with Crippen LogP contribution in [0.15, 0.2) is 38.0 Å². The topological polar surface area (TPSA) is 58.5 Å². The zero-order valence-corrected chi connectivity index (χ0v) is 11.4. The molecule has 0 radical (unpaired) electrons. The van der Waals surface area contributed by atoms with Crippen LogP contribution in [0.5, 0.6) is 0 Å². The van der Waals surface area contributed by atoms with Gasteiger partial charge in [0.15, 0.2) is 1.41 Å².